The zero-order valence-electron chi connectivity index (χ0n) is 16.6. The van der Waals surface area contributed by atoms with Crippen molar-refractivity contribution < 1.29 is 27.3 Å². The second-order valence-electron chi connectivity index (χ2n) is 7.62. The van der Waals surface area contributed by atoms with Crippen LogP contribution in [0, 0.1) is 17.5 Å². The summed E-state index contributed by atoms with van der Waals surface area (Å²) >= 11 is 0. The van der Waals surface area contributed by atoms with Crippen LogP contribution in [0.5, 0.6) is 0 Å². The number of benzene rings is 2. The Balaban J connectivity index is 1.63. The first-order chi connectivity index (χ1) is 14.6. The maximum atomic E-state index is 14.3. The van der Waals surface area contributed by atoms with Gasteiger partial charge in [-0.05, 0) is 18.2 Å². The molecular weight excluding hydrogens is 429 g/mol. The summed E-state index contributed by atoms with van der Waals surface area (Å²) in [6.07, 6.45) is 2.50. The third-order valence-electron chi connectivity index (χ3n) is 5.41. The van der Waals surface area contributed by atoms with Crippen molar-refractivity contribution in [1.82, 2.24) is 9.97 Å². The smallest absolute Gasteiger partial charge is 0.175 e. The molecule has 1 fully saturated rings. The van der Waals surface area contributed by atoms with Gasteiger partial charge in [-0.1, -0.05) is 12.1 Å². The Kier molecular flexibility index (Phi) is 5.44. The number of rotatable bonds is 4. The van der Waals surface area contributed by atoms with Crippen LogP contribution in [0.4, 0.5) is 19.0 Å². The summed E-state index contributed by atoms with van der Waals surface area (Å²) < 4.78 is 64.9. The molecule has 0 bridgehead atoms. The third kappa shape index (κ3) is 4.26. The zero-order valence-corrected chi connectivity index (χ0v) is 17.4. The number of hydrogen-bond donors (Lipinski definition) is 1. The lowest BCUT2D eigenvalue weighted by atomic mass is 9.94. The van der Waals surface area contributed by atoms with Crippen LogP contribution in [0.3, 0.4) is 0 Å². The van der Waals surface area contributed by atoms with Gasteiger partial charge in [0.1, 0.15) is 24.0 Å². The summed E-state index contributed by atoms with van der Waals surface area (Å²) in [6, 6.07) is 9.30. The Labute approximate surface area is 177 Å². The van der Waals surface area contributed by atoms with Gasteiger partial charge >= 0.3 is 0 Å². The highest BCUT2D eigenvalue weighted by Gasteiger charge is 2.37. The second-order valence-corrected chi connectivity index (χ2v) is 9.64. The fraction of sp³-hybridized carbons (Fsp3) is 0.238. The summed E-state index contributed by atoms with van der Waals surface area (Å²) in [7, 11) is -3.37. The van der Waals surface area contributed by atoms with Crippen LogP contribution in [0.2, 0.25) is 0 Å². The minimum absolute atomic E-state index is 0.0801. The molecule has 3 N–H and O–H groups in total. The summed E-state index contributed by atoms with van der Waals surface area (Å²) in [5.74, 6) is -3.03. The molecule has 162 valence electrons. The molecule has 1 aliphatic rings. The van der Waals surface area contributed by atoms with Crippen molar-refractivity contribution in [2.75, 3.05) is 24.2 Å². The van der Waals surface area contributed by atoms with Crippen LogP contribution >= 0.6 is 0 Å². The van der Waals surface area contributed by atoms with E-state index in [-0.39, 0.29) is 16.5 Å². The summed E-state index contributed by atoms with van der Waals surface area (Å²) in [6.45, 7) is 0.749. The first-order valence-electron chi connectivity index (χ1n) is 9.48. The normalized spacial score (nSPS) is 19.1. The number of halogens is 3. The molecule has 2 heterocycles. The molecule has 0 radical (unpaired) electrons. The number of sulfone groups is 1. The van der Waals surface area contributed by atoms with Gasteiger partial charge in [-0.25, -0.2) is 31.6 Å². The van der Waals surface area contributed by atoms with Gasteiger partial charge < -0.3 is 10.6 Å². The van der Waals surface area contributed by atoms with Gasteiger partial charge in [0.15, 0.2) is 21.5 Å². The Morgan fingerprint density at radius 1 is 1.00 bits per heavy atom. The monoisotopic (exact) mass is 449 g/mol. The lowest BCUT2D eigenvalue weighted by molar-refractivity contribution is -0.416. The molecule has 1 aromatic heterocycles. The summed E-state index contributed by atoms with van der Waals surface area (Å²) in [4.78, 5) is 10.6. The standard InChI is InChI=1S/C21H19F3N4O2S/c1-31(29,30)13-4-2-3-12(5-13)20-8-21(27-11-26-20)28-9-15(19(25)10-28)14-6-17(23)18(24)7-16(14)22/h2-8,11,15,19H,9-10,25H2,1H3/p+1/t15-,19+/m1/s1. The van der Waals surface area contributed by atoms with E-state index in [1.54, 1.807) is 18.2 Å². The van der Waals surface area contributed by atoms with E-state index in [0.29, 0.717) is 36.2 Å². The van der Waals surface area contributed by atoms with Crippen molar-refractivity contribution in [3.63, 3.8) is 0 Å². The molecule has 2 atom stereocenters. The van der Waals surface area contributed by atoms with Crippen molar-refractivity contribution >= 4 is 15.7 Å². The van der Waals surface area contributed by atoms with Crippen molar-refractivity contribution in [2.45, 2.75) is 16.9 Å². The van der Waals surface area contributed by atoms with Crippen molar-refractivity contribution in [3.05, 3.63) is 71.8 Å². The molecule has 10 heteroatoms. The predicted molar refractivity (Wildman–Crippen MR) is 109 cm³/mol. The second kappa shape index (κ2) is 7.93. The number of quaternary nitrogens is 1. The molecule has 0 amide bonds. The van der Waals surface area contributed by atoms with E-state index in [2.05, 4.69) is 15.7 Å². The third-order valence-corrected chi connectivity index (χ3v) is 6.52. The number of anilines is 1. The van der Waals surface area contributed by atoms with Gasteiger partial charge in [0.25, 0.3) is 0 Å². The van der Waals surface area contributed by atoms with Crippen molar-refractivity contribution in [3.8, 4) is 11.3 Å². The molecule has 0 saturated carbocycles. The lowest BCUT2D eigenvalue weighted by Gasteiger charge is -2.17. The summed E-state index contributed by atoms with van der Waals surface area (Å²) in [5.41, 5.74) is 5.27. The first-order valence-corrected chi connectivity index (χ1v) is 11.4. The van der Waals surface area contributed by atoms with Crippen LogP contribution in [-0.2, 0) is 9.84 Å². The van der Waals surface area contributed by atoms with Gasteiger partial charge in [-0.2, -0.15) is 0 Å². The molecule has 0 aliphatic carbocycles. The van der Waals surface area contributed by atoms with Crippen LogP contribution in [0.1, 0.15) is 11.5 Å². The minimum atomic E-state index is -3.37. The Hall–Kier alpha value is -2.98. The fourth-order valence-corrected chi connectivity index (χ4v) is 4.46. The van der Waals surface area contributed by atoms with E-state index in [9.17, 15) is 21.6 Å². The maximum Gasteiger partial charge on any atom is 0.175 e. The maximum absolute atomic E-state index is 14.3. The highest BCUT2D eigenvalue weighted by atomic mass is 32.2. The SMILES string of the molecule is CS(=O)(=O)c1cccc(-c2cc(N3C[C@H](c4cc(F)c(F)cc4F)[C@@H]([NH3+])C3)ncn2)c1. The largest absolute Gasteiger partial charge is 0.353 e. The molecule has 0 unspecified atom stereocenters. The van der Waals surface area contributed by atoms with E-state index in [4.69, 9.17) is 0 Å². The zero-order chi connectivity index (χ0) is 22.3. The molecule has 6 nitrogen and oxygen atoms in total. The summed E-state index contributed by atoms with van der Waals surface area (Å²) in [5, 5.41) is 0. The van der Waals surface area contributed by atoms with Gasteiger partial charge in [0, 0.05) is 36.1 Å². The molecule has 3 aromatic rings. The van der Waals surface area contributed by atoms with E-state index in [0.717, 1.165) is 12.3 Å². The number of aromatic nitrogens is 2. The number of nitrogens with zero attached hydrogens (tertiary/aromatic N) is 3. The highest BCUT2D eigenvalue weighted by molar-refractivity contribution is 7.90. The van der Waals surface area contributed by atoms with Gasteiger partial charge in [-0.15, -0.1) is 0 Å². The quantitative estimate of drug-likeness (QED) is 0.617. The minimum Gasteiger partial charge on any atom is -0.353 e. The lowest BCUT2D eigenvalue weighted by Crippen LogP contribution is -2.64. The van der Waals surface area contributed by atoms with E-state index >= 15 is 0 Å². The number of hydrogen-bond acceptors (Lipinski definition) is 5. The van der Waals surface area contributed by atoms with Crippen LogP contribution < -0.4 is 10.6 Å². The van der Waals surface area contributed by atoms with Crippen molar-refractivity contribution in [1.29, 1.82) is 0 Å². The predicted octanol–water partition coefficient (Wildman–Crippen LogP) is 2.18. The van der Waals surface area contributed by atoms with Gasteiger partial charge in [0.2, 0.25) is 0 Å². The molecule has 31 heavy (non-hydrogen) atoms. The topological polar surface area (TPSA) is 90.8 Å². The molecular formula is C21H20F3N4O2S+. The molecule has 1 saturated heterocycles. The van der Waals surface area contributed by atoms with Crippen LogP contribution in [-0.4, -0.2) is 43.8 Å². The Morgan fingerprint density at radius 2 is 1.74 bits per heavy atom. The highest BCUT2D eigenvalue weighted by Crippen LogP contribution is 2.32. The van der Waals surface area contributed by atoms with Crippen LogP contribution in [0.25, 0.3) is 11.3 Å². The van der Waals surface area contributed by atoms with E-state index in [1.807, 2.05) is 4.90 Å². The molecule has 0 spiro atoms. The van der Waals surface area contributed by atoms with E-state index < -0.39 is 33.2 Å². The molecule has 2 aromatic carbocycles. The first kappa shape index (κ1) is 21.3. The van der Waals surface area contributed by atoms with Crippen molar-refractivity contribution in [2.24, 2.45) is 0 Å². The van der Waals surface area contributed by atoms with E-state index in [1.165, 1.54) is 18.5 Å². The fourth-order valence-electron chi connectivity index (χ4n) is 3.80. The average molecular weight is 449 g/mol. The van der Waals surface area contributed by atoms with Gasteiger partial charge in [0.05, 0.1) is 23.1 Å². The molecule has 1 aliphatic heterocycles. The van der Waals surface area contributed by atoms with Gasteiger partial charge in [-0.3, -0.25) is 0 Å². The Bertz CT molecular complexity index is 1250. The Morgan fingerprint density at radius 3 is 2.48 bits per heavy atom. The molecule has 4 rings (SSSR count). The average Bonchev–Trinajstić information content (AvgIpc) is 3.12. The van der Waals surface area contributed by atoms with Crippen LogP contribution in [0.15, 0.2) is 53.7 Å².